The second-order valence-corrected chi connectivity index (χ2v) is 5.27. The highest BCUT2D eigenvalue weighted by Gasteiger charge is 2.06. The van der Waals surface area contributed by atoms with Crippen LogP contribution in [0.4, 0.5) is 0 Å². The van der Waals surface area contributed by atoms with Gasteiger partial charge in [-0.15, -0.1) is 0 Å². The largest absolute Gasteiger partial charge is 0.489 e. The molecule has 0 heterocycles. The molecule has 22 heavy (non-hydrogen) atoms. The molecule has 0 N–H and O–H groups in total. The number of allylic oxidation sites excluding steroid dienone is 1. The highest BCUT2D eigenvalue weighted by Crippen LogP contribution is 2.17. The van der Waals surface area contributed by atoms with Gasteiger partial charge in [0.2, 0.25) is 0 Å². The highest BCUT2D eigenvalue weighted by atomic mass is 16.5. The van der Waals surface area contributed by atoms with E-state index < -0.39 is 0 Å². The average Bonchev–Trinajstić information content (AvgIpc) is 2.52. The molecule has 0 aromatic heterocycles. The van der Waals surface area contributed by atoms with Gasteiger partial charge in [-0.1, -0.05) is 35.9 Å². The van der Waals surface area contributed by atoms with Crippen LogP contribution in [-0.2, 0) is 11.3 Å². The third kappa shape index (κ3) is 4.48. The van der Waals surface area contributed by atoms with Gasteiger partial charge in [0.15, 0.2) is 0 Å². The summed E-state index contributed by atoms with van der Waals surface area (Å²) in [6.07, 6.45) is 2.10. The lowest BCUT2D eigenvalue weighted by molar-refractivity contribution is 0.0600. The summed E-state index contributed by atoms with van der Waals surface area (Å²) in [6.45, 7) is 4.53. The van der Waals surface area contributed by atoms with Crippen molar-refractivity contribution in [3.8, 4) is 5.75 Å². The number of carbonyl (C=O) groups is 1. The van der Waals surface area contributed by atoms with Gasteiger partial charge in [0.1, 0.15) is 12.4 Å². The van der Waals surface area contributed by atoms with Gasteiger partial charge in [0, 0.05) is 0 Å². The van der Waals surface area contributed by atoms with E-state index in [1.807, 2.05) is 36.4 Å². The smallest absolute Gasteiger partial charge is 0.337 e. The third-order valence-electron chi connectivity index (χ3n) is 3.07. The Labute approximate surface area is 131 Å². The average molecular weight is 296 g/mol. The van der Waals surface area contributed by atoms with Crippen LogP contribution in [0.2, 0.25) is 0 Å². The molecule has 0 aliphatic rings. The van der Waals surface area contributed by atoms with Crippen LogP contribution < -0.4 is 4.74 Å². The van der Waals surface area contributed by atoms with Gasteiger partial charge in [-0.05, 0) is 49.2 Å². The first-order valence-corrected chi connectivity index (χ1v) is 7.13. The second kappa shape index (κ2) is 7.46. The number of rotatable bonds is 5. The lowest BCUT2D eigenvalue weighted by Crippen LogP contribution is -2.03. The summed E-state index contributed by atoms with van der Waals surface area (Å²) in [5.41, 5.74) is 3.81. The van der Waals surface area contributed by atoms with Gasteiger partial charge < -0.3 is 9.47 Å². The Hall–Kier alpha value is -2.55. The quantitative estimate of drug-likeness (QED) is 0.763. The van der Waals surface area contributed by atoms with Crippen molar-refractivity contribution in [1.82, 2.24) is 0 Å². The van der Waals surface area contributed by atoms with Gasteiger partial charge in [0.25, 0.3) is 0 Å². The number of ether oxygens (including phenoxy) is 2. The summed E-state index contributed by atoms with van der Waals surface area (Å²) < 4.78 is 10.5. The number of esters is 1. The fourth-order valence-electron chi connectivity index (χ4n) is 2.10. The van der Waals surface area contributed by atoms with Gasteiger partial charge >= 0.3 is 5.97 Å². The maximum atomic E-state index is 11.5. The van der Waals surface area contributed by atoms with Gasteiger partial charge in [-0.25, -0.2) is 4.79 Å². The van der Waals surface area contributed by atoms with Crippen LogP contribution in [0.15, 0.2) is 54.1 Å². The number of hydrogen-bond acceptors (Lipinski definition) is 3. The topological polar surface area (TPSA) is 35.5 Å². The predicted molar refractivity (Wildman–Crippen MR) is 87.9 cm³/mol. The first-order valence-electron chi connectivity index (χ1n) is 7.13. The molecule has 2 aromatic rings. The van der Waals surface area contributed by atoms with E-state index in [0.717, 1.165) is 16.9 Å². The van der Waals surface area contributed by atoms with E-state index in [1.165, 1.54) is 12.7 Å². The molecule has 3 heteroatoms. The van der Waals surface area contributed by atoms with Crippen molar-refractivity contribution in [3.63, 3.8) is 0 Å². The zero-order valence-electron chi connectivity index (χ0n) is 13.1. The van der Waals surface area contributed by atoms with E-state index in [2.05, 4.69) is 19.9 Å². The van der Waals surface area contributed by atoms with Gasteiger partial charge in [0.05, 0.1) is 12.7 Å². The fourth-order valence-corrected chi connectivity index (χ4v) is 2.10. The molecule has 0 amide bonds. The molecule has 3 nitrogen and oxygen atoms in total. The Balaban J connectivity index is 2.07. The Morgan fingerprint density at radius 1 is 1.09 bits per heavy atom. The van der Waals surface area contributed by atoms with Crippen LogP contribution in [0.25, 0.3) is 6.08 Å². The molecule has 0 saturated heterocycles. The lowest BCUT2D eigenvalue weighted by Gasteiger charge is -2.08. The van der Waals surface area contributed by atoms with Crippen molar-refractivity contribution < 1.29 is 14.3 Å². The van der Waals surface area contributed by atoms with Crippen LogP contribution in [-0.4, -0.2) is 13.1 Å². The van der Waals surface area contributed by atoms with E-state index in [4.69, 9.17) is 9.47 Å². The molecule has 0 aliphatic heterocycles. The molecule has 0 unspecified atom stereocenters. The summed E-state index contributed by atoms with van der Waals surface area (Å²) in [6, 6.07) is 15.2. The minimum atomic E-state index is -0.340. The Kier molecular flexibility index (Phi) is 5.37. The van der Waals surface area contributed by atoms with Gasteiger partial charge in [-0.3, -0.25) is 0 Å². The minimum Gasteiger partial charge on any atom is -0.489 e. The van der Waals surface area contributed by atoms with E-state index in [0.29, 0.717) is 12.2 Å². The summed E-state index contributed by atoms with van der Waals surface area (Å²) in [7, 11) is 1.38. The molecule has 0 bridgehead atoms. The molecule has 0 radical (unpaired) electrons. The van der Waals surface area contributed by atoms with E-state index in [-0.39, 0.29) is 5.97 Å². The number of benzene rings is 2. The molecular weight excluding hydrogens is 276 g/mol. The molecule has 2 aromatic carbocycles. The Morgan fingerprint density at radius 3 is 2.59 bits per heavy atom. The maximum Gasteiger partial charge on any atom is 0.337 e. The van der Waals surface area contributed by atoms with Crippen molar-refractivity contribution in [2.24, 2.45) is 0 Å². The molecular formula is C19H20O3. The Bertz CT molecular complexity index is 683. The first kappa shape index (κ1) is 15.8. The third-order valence-corrected chi connectivity index (χ3v) is 3.07. The SMILES string of the molecule is COC(=O)c1cccc(COc2cccc(C=C(C)C)c2)c1. The Morgan fingerprint density at radius 2 is 1.86 bits per heavy atom. The molecule has 0 saturated carbocycles. The zero-order chi connectivity index (χ0) is 15.9. The van der Waals surface area contributed by atoms with Crippen molar-refractivity contribution in [2.45, 2.75) is 20.5 Å². The fraction of sp³-hybridized carbons (Fsp3) is 0.211. The van der Waals surface area contributed by atoms with Crippen molar-refractivity contribution >= 4 is 12.0 Å². The summed E-state index contributed by atoms with van der Waals surface area (Å²) in [5.74, 6) is 0.464. The zero-order valence-corrected chi connectivity index (χ0v) is 13.1. The van der Waals surface area contributed by atoms with Crippen molar-refractivity contribution in [1.29, 1.82) is 0 Å². The monoisotopic (exact) mass is 296 g/mol. The minimum absolute atomic E-state index is 0.340. The van der Waals surface area contributed by atoms with Gasteiger partial charge in [-0.2, -0.15) is 0 Å². The summed E-state index contributed by atoms with van der Waals surface area (Å²) in [5, 5.41) is 0. The maximum absolute atomic E-state index is 11.5. The number of hydrogen-bond donors (Lipinski definition) is 0. The van der Waals surface area contributed by atoms with Crippen molar-refractivity contribution in [3.05, 3.63) is 70.8 Å². The van der Waals surface area contributed by atoms with Crippen LogP contribution in [0.1, 0.15) is 35.3 Å². The van der Waals surface area contributed by atoms with Crippen molar-refractivity contribution in [2.75, 3.05) is 7.11 Å². The normalized spacial score (nSPS) is 9.95. The lowest BCUT2D eigenvalue weighted by atomic mass is 10.1. The predicted octanol–water partition coefficient (Wildman–Crippen LogP) is 4.48. The standard InChI is InChI=1S/C19H20O3/c1-14(2)10-15-6-5-9-18(12-15)22-13-16-7-4-8-17(11-16)19(20)21-3/h4-12H,13H2,1-3H3. The first-order chi connectivity index (χ1) is 10.6. The molecule has 2 rings (SSSR count). The van der Waals surface area contributed by atoms with Crippen LogP contribution in [0, 0.1) is 0 Å². The van der Waals surface area contributed by atoms with E-state index in [1.54, 1.807) is 12.1 Å². The molecule has 0 spiro atoms. The number of methoxy groups -OCH3 is 1. The molecule has 0 fully saturated rings. The molecule has 114 valence electrons. The second-order valence-electron chi connectivity index (χ2n) is 5.27. The molecule has 0 aliphatic carbocycles. The summed E-state index contributed by atoms with van der Waals surface area (Å²) >= 11 is 0. The van der Waals surface area contributed by atoms with Crippen LogP contribution in [0.5, 0.6) is 5.75 Å². The van der Waals surface area contributed by atoms with E-state index >= 15 is 0 Å². The van der Waals surface area contributed by atoms with Crippen LogP contribution in [0.3, 0.4) is 0 Å². The molecule has 0 atom stereocenters. The van der Waals surface area contributed by atoms with E-state index in [9.17, 15) is 4.79 Å². The summed E-state index contributed by atoms with van der Waals surface area (Å²) in [4.78, 5) is 11.5. The highest BCUT2D eigenvalue weighted by molar-refractivity contribution is 5.89. The number of carbonyl (C=O) groups excluding carboxylic acids is 1. The van der Waals surface area contributed by atoms with Crippen LogP contribution >= 0.6 is 0 Å².